The Bertz CT molecular complexity index is 753. The van der Waals surface area contributed by atoms with Crippen LogP contribution in [0.1, 0.15) is 27.7 Å². The van der Waals surface area contributed by atoms with Crippen LogP contribution in [0.15, 0.2) is 33.1 Å². The highest BCUT2D eigenvalue weighted by Crippen LogP contribution is 2.33. The van der Waals surface area contributed by atoms with Gasteiger partial charge >= 0.3 is 0 Å². The lowest BCUT2D eigenvalue weighted by molar-refractivity contribution is -0.114. The number of benzene rings is 1. The quantitative estimate of drug-likeness (QED) is 0.793. The Hall–Kier alpha value is -1.09. The normalized spacial score (nSPS) is 12.9. The first-order valence-electron chi connectivity index (χ1n) is 6.88. The Morgan fingerprint density at radius 1 is 1.35 bits per heavy atom. The molecule has 0 bridgehead atoms. The summed E-state index contributed by atoms with van der Waals surface area (Å²) in [7, 11) is -1.43. The molecule has 1 unspecified atom stereocenters. The van der Waals surface area contributed by atoms with Crippen molar-refractivity contribution in [2.75, 3.05) is 5.32 Å². The topological polar surface area (TPSA) is 71.1 Å². The van der Waals surface area contributed by atoms with Crippen LogP contribution >= 0.6 is 27.3 Å². The first kappa shape index (κ1) is 18.3. The van der Waals surface area contributed by atoms with E-state index in [1.165, 1.54) is 18.3 Å². The van der Waals surface area contributed by atoms with E-state index in [9.17, 15) is 9.00 Å². The molecule has 23 heavy (non-hydrogen) atoms. The van der Waals surface area contributed by atoms with E-state index in [2.05, 4.69) is 31.0 Å². The molecule has 0 saturated carbocycles. The van der Waals surface area contributed by atoms with E-state index in [0.29, 0.717) is 10.6 Å². The van der Waals surface area contributed by atoms with E-state index < -0.39 is 11.0 Å². The lowest BCUT2D eigenvalue weighted by Crippen LogP contribution is -2.37. The molecule has 0 radical (unpaired) electrons. The maximum atomic E-state index is 12.8. The molecule has 0 aliphatic rings. The highest BCUT2D eigenvalue weighted by atomic mass is 79.9. The van der Waals surface area contributed by atoms with Crippen molar-refractivity contribution >= 4 is 49.8 Å². The van der Waals surface area contributed by atoms with Gasteiger partial charge in [0.05, 0.1) is 14.9 Å². The minimum Gasteiger partial charge on any atom is -0.326 e. The fourth-order valence-electron chi connectivity index (χ4n) is 1.85. The molecule has 2 aromatic rings. The van der Waals surface area contributed by atoms with Crippen molar-refractivity contribution in [1.82, 2.24) is 9.71 Å². The summed E-state index contributed by atoms with van der Waals surface area (Å²) in [5.74, 6) is -0.171. The van der Waals surface area contributed by atoms with Gasteiger partial charge in [-0.25, -0.2) is 13.9 Å². The summed E-state index contributed by atoms with van der Waals surface area (Å²) in [6, 6.07) is 5.33. The van der Waals surface area contributed by atoms with Crippen molar-refractivity contribution in [3.63, 3.8) is 0 Å². The summed E-state index contributed by atoms with van der Waals surface area (Å²) in [5, 5.41) is 3.49. The zero-order valence-electron chi connectivity index (χ0n) is 13.3. The van der Waals surface area contributed by atoms with Gasteiger partial charge in [0.15, 0.2) is 0 Å². The number of hydrogen-bond acceptors (Lipinski definition) is 4. The summed E-state index contributed by atoms with van der Waals surface area (Å²) in [6.07, 6.45) is 1.71. The zero-order valence-corrected chi connectivity index (χ0v) is 16.5. The largest absolute Gasteiger partial charge is 0.326 e. The van der Waals surface area contributed by atoms with Gasteiger partial charge in [-0.05, 0) is 54.9 Å². The van der Waals surface area contributed by atoms with Gasteiger partial charge in [0.1, 0.15) is 16.0 Å². The smallest absolute Gasteiger partial charge is 0.221 e. The maximum Gasteiger partial charge on any atom is 0.221 e. The predicted molar refractivity (Wildman–Crippen MR) is 98.9 cm³/mol. The molecule has 1 aromatic carbocycles. The molecule has 1 amide bonds. The molecule has 1 atom stereocenters. The van der Waals surface area contributed by atoms with Gasteiger partial charge in [0.25, 0.3) is 0 Å². The average molecular weight is 416 g/mol. The standard InChI is InChI=1S/C15H18BrN3O2S2/c1-9(20)18-10-5-6-11(14-17-8-13(16)22-14)12(7-10)23(21)19-15(2,3)4/h5-8,19H,1-4H3,(H,18,20). The Morgan fingerprint density at radius 2 is 2.04 bits per heavy atom. The van der Waals surface area contributed by atoms with Crippen LogP contribution in [0.2, 0.25) is 0 Å². The van der Waals surface area contributed by atoms with Crippen molar-refractivity contribution in [2.24, 2.45) is 0 Å². The van der Waals surface area contributed by atoms with Crippen LogP contribution in [0.5, 0.6) is 0 Å². The van der Waals surface area contributed by atoms with Crippen molar-refractivity contribution in [3.8, 4) is 10.6 Å². The molecule has 1 aromatic heterocycles. The van der Waals surface area contributed by atoms with Crippen molar-refractivity contribution in [1.29, 1.82) is 0 Å². The van der Waals surface area contributed by atoms with Crippen LogP contribution < -0.4 is 10.0 Å². The second kappa shape index (κ2) is 7.21. The predicted octanol–water partition coefficient (Wildman–Crippen LogP) is 3.94. The van der Waals surface area contributed by atoms with E-state index in [-0.39, 0.29) is 11.4 Å². The Labute approximate surface area is 150 Å². The van der Waals surface area contributed by atoms with Gasteiger partial charge in [-0.15, -0.1) is 11.3 Å². The van der Waals surface area contributed by atoms with Gasteiger partial charge in [-0.2, -0.15) is 0 Å². The van der Waals surface area contributed by atoms with Gasteiger partial charge in [0, 0.05) is 23.7 Å². The van der Waals surface area contributed by atoms with Crippen LogP contribution in [0.4, 0.5) is 5.69 Å². The molecule has 0 aliphatic carbocycles. The van der Waals surface area contributed by atoms with E-state index in [1.807, 2.05) is 26.8 Å². The van der Waals surface area contributed by atoms with Gasteiger partial charge in [-0.1, -0.05) is 0 Å². The number of nitrogens with one attached hydrogen (secondary N) is 2. The summed E-state index contributed by atoms with van der Waals surface area (Å²) in [6.45, 7) is 7.28. The minimum absolute atomic E-state index is 0.171. The lowest BCUT2D eigenvalue weighted by atomic mass is 10.1. The molecule has 1 heterocycles. The number of halogens is 1. The van der Waals surface area contributed by atoms with E-state index >= 15 is 0 Å². The molecule has 2 rings (SSSR count). The summed E-state index contributed by atoms with van der Waals surface area (Å²) in [5.41, 5.74) is 1.08. The SMILES string of the molecule is CC(=O)Nc1ccc(-c2ncc(Br)s2)c(S(=O)NC(C)(C)C)c1. The van der Waals surface area contributed by atoms with Crippen molar-refractivity contribution in [3.05, 3.63) is 28.2 Å². The van der Waals surface area contributed by atoms with Gasteiger partial charge < -0.3 is 5.32 Å². The van der Waals surface area contributed by atoms with E-state index in [0.717, 1.165) is 14.4 Å². The second-order valence-electron chi connectivity index (χ2n) is 5.98. The fourth-order valence-corrected chi connectivity index (χ4v) is 4.42. The number of thiazole rings is 1. The van der Waals surface area contributed by atoms with Crippen LogP contribution in [-0.2, 0) is 15.8 Å². The maximum absolute atomic E-state index is 12.8. The third-order valence-corrected chi connectivity index (χ3v) is 5.65. The molecule has 124 valence electrons. The van der Waals surface area contributed by atoms with E-state index in [4.69, 9.17) is 0 Å². The molecule has 5 nitrogen and oxygen atoms in total. The number of hydrogen-bond donors (Lipinski definition) is 2. The molecular weight excluding hydrogens is 398 g/mol. The highest BCUT2D eigenvalue weighted by molar-refractivity contribution is 9.11. The van der Waals surface area contributed by atoms with Crippen LogP contribution in [0.3, 0.4) is 0 Å². The Morgan fingerprint density at radius 3 is 2.57 bits per heavy atom. The minimum atomic E-state index is -1.43. The monoisotopic (exact) mass is 415 g/mol. The fraction of sp³-hybridized carbons (Fsp3) is 0.333. The number of rotatable bonds is 4. The molecule has 8 heteroatoms. The van der Waals surface area contributed by atoms with Crippen LogP contribution in [0.25, 0.3) is 10.6 Å². The molecule has 0 spiro atoms. The Balaban J connectivity index is 2.48. The van der Waals surface area contributed by atoms with E-state index in [1.54, 1.807) is 18.3 Å². The summed E-state index contributed by atoms with van der Waals surface area (Å²) in [4.78, 5) is 16.2. The summed E-state index contributed by atoms with van der Waals surface area (Å²) >= 11 is 4.86. The van der Waals surface area contributed by atoms with Gasteiger partial charge in [0.2, 0.25) is 5.91 Å². The zero-order chi connectivity index (χ0) is 17.2. The number of amides is 1. The number of carbonyl (C=O) groups excluding carboxylic acids is 1. The number of anilines is 1. The Kier molecular flexibility index (Phi) is 5.72. The molecule has 2 N–H and O–H groups in total. The second-order valence-corrected chi connectivity index (χ2v) is 9.57. The molecule has 0 fully saturated rings. The summed E-state index contributed by atoms with van der Waals surface area (Å²) < 4.78 is 16.7. The first-order chi connectivity index (χ1) is 10.7. The molecule has 0 saturated heterocycles. The highest BCUT2D eigenvalue weighted by Gasteiger charge is 2.20. The van der Waals surface area contributed by atoms with Gasteiger partial charge in [-0.3, -0.25) is 4.79 Å². The average Bonchev–Trinajstić information content (AvgIpc) is 2.82. The third kappa shape index (κ3) is 5.20. The van der Waals surface area contributed by atoms with Crippen LogP contribution in [0, 0.1) is 0 Å². The number of carbonyl (C=O) groups is 1. The number of nitrogens with zero attached hydrogens (tertiary/aromatic N) is 1. The van der Waals surface area contributed by atoms with Crippen LogP contribution in [-0.4, -0.2) is 20.6 Å². The van der Waals surface area contributed by atoms with Crippen molar-refractivity contribution in [2.45, 2.75) is 38.1 Å². The number of aromatic nitrogens is 1. The molecular formula is C15H18BrN3O2S2. The third-order valence-electron chi connectivity index (χ3n) is 2.61. The van der Waals surface area contributed by atoms with Crippen molar-refractivity contribution < 1.29 is 9.00 Å². The lowest BCUT2D eigenvalue weighted by Gasteiger charge is -2.20. The first-order valence-corrected chi connectivity index (χ1v) is 9.64. The molecule has 0 aliphatic heterocycles.